The highest BCUT2D eigenvalue weighted by Crippen LogP contribution is 2.32. The molecule has 0 saturated carbocycles. The van der Waals surface area contributed by atoms with Crippen molar-refractivity contribution >= 4 is 35.4 Å². The second-order valence-electron chi connectivity index (χ2n) is 6.48. The minimum absolute atomic E-state index is 0.0534. The van der Waals surface area contributed by atoms with E-state index < -0.39 is 42.1 Å². The van der Waals surface area contributed by atoms with Crippen molar-refractivity contribution in [2.24, 2.45) is 5.73 Å². The van der Waals surface area contributed by atoms with Crippen LogP contribution in [-0.4, -0.2) is 60.1 Å². The number of nitrogens with two attached hydrogens (primary N) is 1. The summed E-state index contributed by atoms with van der Waals surface area (Å²) in [5.41, 5.74) is 5.63. The maximum atomic E-state index is 12.9. The molecule has 2 aliphatic heterocycles. The third-order valence-corrected chi connectivity index (χ3v) is 4.52. The molecule has 2 unspecified atom stereocenters. The van der Waals surface area contributed by atoms with Gasteiger partial charge >= 0.3 is 6.09 Å². The van der Waals surface area contributed by atoms with Gasteiger partial charge in [0.1, 0.15) is 6.04 Å². The summed E-state index contributed by atoms with van der Waals surface area (Å²) in [7, 11) is 0. The van der Waals surface area contributed by atoms with Crippen molar-refractivity contribution in [2.45, 2.75) is 32.1 Å². The van der Waals surface area contributed by atoms with E-state index in [0.29, 0.717) is 5.69 Å². The molecule has 1 fully saturated rings. The van der Waals surface area contributed by atoms with Crippen molar-refractivity contribution in [3.63, 3.8) is 0 Å². The second-order valence-corrected chi connectivity index (χ2v) is 6.48. The summed E-state index contributed by atoms with van der Waals surface area (Å²) in [4.78, 5) is 60.7. The lowest BCUT2D eigenvalue weighted by molar-refractivity contribution is -0.136. The van der Waals surface area contributed by atoms with Gasteiger partial charge in [0.15, 0.2) is 0 Å². The highest BCUT2D eigenvalue weighted by Gasteiger charge is 2.45. The lowest BCUT2D eigenvalue weighted by Gasteiger charge is -2.27. The number of benzene rings is 1. The molecule has 11 nitrogen and oxygen atoms in total. The van der Waals surface area contributed by atoms with Crippen LogP contribution in [-0.2, 0) is 19.1 Å². The van der Waals surface area contributed by atoms with Crippen LogP contribution in [0.5, 0.6) is 0 Å². The molecule has 0 spiro atoms. The average molecular weight is 404 g/mol. The van der Waals surface area contributed by atoms with Gasteiger partial charge in [-0.3, -0.25) is 29.4 Å². The van der Waals surface area contributed by atoms with Gasteiger partial charge in [0, 0.05) is 18.7 Å². The normalized spacial score (nSPS) is 19.6. The molecule has 2 heterocycles. The van der Waals surface area contributed by atoms with Crippen LogP contribution in [0.15, 0.2) is 18.2 Å². The van der Waals surface area contributed by atoms with Crippen molar-refractivity contribution in [3.05, 3.63) is 29.3 Å². The van der Waals surface area contributed by atoms with Crippen LogP contribution in [0.2, 0.25) is 0 Å². The number of hydrogen-bond donors (Lipinski definition) is 3. The zero-order valence-electron chi connectivity index (χ0n) is 15.6. The van der Waals surface area contributed by atoms with Crippen LogP contribution in [0.1, 0.15) is 40.5 Å². The first-order chi connectivity index (χ1) is 13.8. The van der Waals surface area contributed by atoms with Gasteiger partial charge < -0.3 is 20.5 Å². The minimum Gasteiger partial charge on any atom is -0.420 e. The first-order valence-electron chi connectivity index (χ1n) is 8.95. The smallest absolute Gasteiger partial charge is 0.406 e. The van der Waals surface area contributed by atoms with Crippen LogP contribution in [0.4, 0.5) is 10.5 Å². The number of piperidine rings is 1. The van der Waals surface area contributed by atoms with Crippen molar-refractivity contribution in [1.82, 2.24) is 10.2 Å². The molecule has 1 aromatic carbocycles. The maximum Gasteiger partial charge on any atom is 0.406 e. The fourth-order valence-corrected chi connectivity index (χ4v) is 3.27. The Balaban J connectivity index is 1.69. The molecule has 0 aromatic heterocycles. The Labute approximate surface area is 165 Å². The number of hydrogen-bond acceptors (Lipinski definition) is 8. The summed E-state index contributed by atoms with van der Waals surface area (Å²) in [5, 5.41) is 5.15. The summed E-state index contributed by atoms with van der Waals surface area (Å²) >= 11 is 0. The standard InChI is InChI=1S/C18H20N4O7/c1-9(29-18(19)27)28-8-7-20-11-4-2-3-10-14(11)17(26)22(16(10)25)12-5-6-13(23)21-15(12)24/h2-4,9,12,20H,5-8H2,1H3,(H2,19,27)(H,21,23,24). The molecule has 0 radical (unpaired) electrons. The summed E-state index contributed by atoms with van der Waals surface area (Å²) in [5.74, 6) is -2.28. The maximum absolute atomic E-state index is 12.9. The van der Waals surface area contributed by atoms with Gasteiger partial charge in [0.2, 0.25) is 18.1 Å². The molecule has 11 heteroatoms. The summed E-state index contributed by atoms with van der Waals surface area (Å²) in [6.07, 6.45) is -1.64. The second kappa shape index (κ2) is 8.27. The van der Waals surface area contributed by atoms with Gasteiger partial charge in [0.25, 0.3) is 11.8 Å². The number of primary amides is 1. The number of carbonyl (C=O) groups excluding carboxylic acids is 5. The summed E-state index contributed by atoms with van der Waals surface area (Å²) in [6.45, 7) is 1.89. The molecule has 4 N–H and O–H groups in total. The minimum atomic E-state index is -1.02. The Morgan fingerprint density at radius 3 is 2.76 bits per heavy atom. The molecule has 2 atom stereocenters. The third-order valence-electron chi connectivity index (χ3n) is 4.52. The predicted molar refractivity (Wildman–Crippen MR) is 97.7 cm³/mol. The quantitative estimate of drug-likeness (QED) is 0.324. The molecule has 0 aliphatic carbocycles. The van der Waals surface area contributed by atoms with Gasteiger partial charge in [-0.05, 0) is 25.5 Å². The monoisotopic (exact) mass is 404 g/mol. The third kappa shape index (κ3) is 4.19. The molecule has 3 rings (SSSR count). The number of amides is 5. The summed E-state index contributed by atoms with van der Waals surface area (Å²) < 4.78 is 9.88. The molecule has 1 saturated heterocycles. The van der Waals surface area contributed by atoms with Gasteiger partial charge in [-0.25, -0.2) is 4.79 Å². The predicted octanol–water partition coefficient (Wildman–Crippen LogP) is -0.0424. The highest BCUT2D eigenvalue weighted by molar-refractivity contribution is 6.25. The van der Waals surface area contributed by atoms with E-state index in [1.807, 2.05) is 0 Å². The number of nitrogens with zero attached hydrogens (tertiary/aromatic N) is 1. The number of anilines is 1. The molecule has 1 aromatic rings. The Bertz CT molecular complexity index is 885. The van der Waals surface area contributed by atoms with E-state index in [1.54, 1.807) is 12.1 Å². The van der Waals surface area contributed by atoms with Gasteiger partial charge in [-0.15, -0.1) is 0 Å². The van der Waals surface area contributed by atoms with E-state index in [-0.39, 0.29) is 37.1 Å². The van der Waals surface area contributed by atoms with E-state index in [1.165, 1.54) is 13.0 Å². The molecule has 2 aliphatic rings. The van der Waals surface area contributed by atoms with Crippen molar-refractivity contribution < 1.29 is 33.4 Å². The van der Waals surface area contributed by atoms with Crippen LogP contribution < -0.4 is 16.4 Å². The molecular formula is C18H20N4O7. The number of fused-ring (bicyclic) bond motifs is 1. The number of ether oxygens (including phenoxy) is 2. The lowest BCUT2D eigenvalue weighted by atomic mass is 10.0. The SMILES string of the molecule is CC(OCCNc1cccc2c1C(=O)N(C1CCC(=O)NC1=O)C2=O)OC(N)=O. The van der Waals surface area contributed by atoms with E-state index in [4.69, 9.17) is 10.5 Å². The number of carbonyl (C=O) groups is 5. The van der Waals surface area contributed by atoms with Crippen molar-refractivity contribution in [1.29, 1.82) is 0 Å². The van der Waals surface area contributed by atoms with Gasteiger partial charge in [-0.1, -0.05) is 6.07 Å². The fourth-order valence-electron chi connectivity index (χ4n) is 3.27. The average Bonchev–Trinajstić information content (AvgIpc) is 2.90. The molecule has 29 heavy (non-hydrogen) atoms. The largest absolute Gasteiger partial charge is 0.420 e. The number of rotatable bonds is 7. The van der Waals surface area contributed by atoms with Crippen LogP contribution in [0.25, 0.3) is 0 Å². The zero-order chi connectivity index (χ0) is 21.1. The van der Waals surface area contributed by atoms with E-state index in [0.717, 1.165) is 4.90 Å². The Hall–Kier alpha value is -3.47. The highest BCUT2D eigenvalue weighted by atomic mass is 16.7. The fraction of sp³-hybridized carbons (Fsp3) is 0.389. The van der Waals surface area contributed by atoms with Crippen LogP contribution >= 0.6 is 0 Å². The van der Waals surface area contributed by atoms with Crippen LogP contribution in [0.3, 0.4) is 0 Å². The van der Waals surface area contributed by atoms with Crippen molar-refractivity contribution in [2.75, 3.05) is 18.5 Å². The molecule has 0 bridgehead atoms. The molecular weight excluding hydrogens is 384 g/mol. The Morgan fingerprint density at radius 2 is 2.07 bits per heavy atom. The van der Waals surface area contributed by atoms with Crippen molar-refractivity contribution in [3.8, 4) is 0 Å². The molecule has 5 amide bonds. The first kappa shape index (κ1) is 20.3. The Kier molecular flexibility index (Phi) is 5.78. The topological polar surface area (TPSA) is 157 Å². The van der Waals surface area contributed by atoms with E-state index in [2.05, 4.69) is 15.4 Å². The number of imide groups is 2. The lowest BCUT2D eigenvalue weighted by Crippen LogP contribution is -2.54. The molecule has 154 valence electrons. The first-order valence-corrected chi connectivity index (χ1v) is 8.95. The summed E-state index contributed by atoms with van der Waals surface area (Å²) in [6, 6.07) is 3.72. The van der Waals surface area contributed by atoms with Gasteiger partial charge in [-0.2, -0.15) is 0 Å². The zero-order valence-corrected chi connectivity index (χ0v) is 15.6. The Morgan fingerprint density at radius 1 is 1.31 bits per heavy atom. The van der Waals surface area contributed by atoms with Crippen LogP contribution in [0, 0.1) is 0 Å². The van der Waals surface area contributed by atoms with E-state index in [9.17, 15) is 24.0 Å². The number of nitrogens with one attached hydrogen (secondary N) is 2. The van der Waals surface area contributed by atoms with E-state index >= 15 is 0 Å². The van der Waals surface area contributed by atoms with Gasteiger partial charge in [0.05, 0.1) is 17.7 Å².